The van der Waals surface area contributed by atoms with Crippen molar-refractivity contribution in [3.05, 3.63) is 84.4 Å². The molecule has 0 atom stereocenters. The molecule has 3 amide bonds. The van der Waals surface area contributed by atoms with Gasteiger partial charge in [-0.3, -0.25) is 9.48 Å². The van der Waals surface area contributed by atoms with Crippen LogP contribution in [-0.4, -0.2) is 77.0 Å². The number of morpholine rings is 1. The second kappa shape index (κ2) is 12.1. The number of carbonyl (C=O) groups excluding carboxylic acids is 2. The molecule has 1 aliphatic rings. The van der Waals surface area contributed by atoms with Gasteiger partial charge in [-0.15, -0.1) is 0 Å². The highest BCUT2D eigenvalue weighted by atomic mass is 19.1. The molecule has 12 heteroatoms. The van der Waals surface area contributed by atoms with Crippen molar-refractivity contribution in [1.29, 1.82) is 0 Å². The Hall–Kier alpha value is -5.36. The molecule has 0 radical (unpaired) electrons. The maximum atomic E-state index is 15.6. The number of hydrogen-bond donors (Lipinski definition) is 2. The summed E-state index contributed by atoms with van der Waals surface area (Å²) in [5.41, 5.74) is 4.02. The first-order chi connectivity index (χ1) is 21.2. The number of benzene rings is 3. The molecule has 2 N–H and O–H groups in total. The van der Waals surface area contributed by atoms with Crippen LogP contribution < -0.4 is 15.5 Å². The predicted octanol–water partition coefficient (Wildman–Crippen LogP) is 5.02. The zero-order valence-electron chi connectivity index (χ0n) is 24.5. The average Bonchev–Trinajstić information content (AvgIpc) is 3.47. The summed E-state index contributed by atoms with van der Waals surface area (Å²) < 4.78 is 22.9. The Morgan fingerprint density at radius 2 is 1.64 bits per heavy atom. The van der Waals surface area contributed by atoms with Crippen molar-refractivity contribution in [1.82, 2.24) is 24.6 Å². The van der Waals surface area contributed by atoms with E-state index in [1.165, 1.54) is 11.0 Å². The van der Waals surface area contributed by atoms with Crippen molar-refractivity contribution in [2.24, 2.45) is 7.05 Å². The first-order valence-electron chi connectivity index (χ1n) is 14.1. The standard InChI is InChI=1S/C32H31FN8O3/c1-39(2)31(42)20-4-7-23(8-5-20)35-32(43)36-24-9-11-25(27(33)17-24)29-37-28-16-21(22-18-34-40(3)19-22)6-10-26(28)30(38-29)41-12-14-44-15-13-41/h4-11,16-19H,12-15H2,1-3H3,(H2,35,36,43). The molecule has 0 saturated carbocycles. The minimum Gasteiger partial charge on any atom is -0.378 e. The highest BCUT2D eigenvalue weighted by molar-refractivity contribution is 6.01. The largest absolute Gasteiger partial charge is 0.378 e. The Morgan fingerprint density at radius 3 is 2.32 bits per heavy atom. The second-order valence-corrected chi connectivity index (χ2v) is 10.7. The molecule has 1 aliphatic heterocycles. The molecule has 44 heavy (non-hydrogen) atoms. The summed E-state index contributed by atoms with van der Waals surface area (Å²) in [5, 5.41) is 10.5. The molecule has 3 heterocycles. The van der Waals surface area contributed by atoms with Crippen LogP contribution in [0.4, 0.5) is 26.4 Å². The summed E-state index contributed by atoms with van der Waals surface area (Å²) >= 11 is 0. The van der Waals surface area contributed by atoms with E-state index in [2.05, 4.69) is 20.6 Å². The average molecular weight is 595 g/mol. The van der Waals surface area contributed by atoms with E-state index in [1.54, 1.807) is 61.4 Å². The van der Waals surface area contributed by atoms with Gasteiger partial charge in [0, 0.05) is 68.3 Å². The fourth-order valence-corrected chi connectivity index (χ4v) is 5.02. The van der Waals surface area contributed by atoms with Crippen LogP contribution in [0.25, 0.3) is 33.4 Å². The fourth-order valence-electron chi connectivity index (χ4n) is 5.02. The van der Waals surface area contributed by atoms with E-state index in [1.807, 2.05) is 31.4 Å². The summed E-state index contributed by atoms with van der Waals surface area (Å²) in [6.45, 7) is 2.46. The van der Waals surface area contributed by atoms with E-state index in [9.17, 15) is 9.59 Å². The van der Waals surface area contributed by atoms with Crippen LogP contribution in [0.1, 0.15) is 10.4 Å². The van der Waals surface area contributed by atoms with Crippen LogP contribution in [0.5, 0.6) is 0 Å². The van der Waals surface area contributed by atoms with Crippen LogP contribution in [0, 0.1) is 5.82 Å². The SMILES string of the molecule is CN(C)C(=O)c1ccc(NC(=O)Nc2ccc(-c3nc(N4CCOCC4)c4ccc(-c5cnn(C)c5)cc4n3)c(F)c2)cc1. The van der Waals surface area contributed by atoms with Gasteiger partial charge in [0.25, 0.3) is 5.91 Å². The summed E-state index contributed by atoms with van der Waals surface area (Å²) in [6.07, 6.45) is 3.71. The first-order valence-corrected chi connectivity index (χ1v) is 14.1. The second-order valence-electron chi connectivity index (χ2n) is 10.7. The predicted molar refractivity (Wildman–Crippen MR) is 167 cm³/mol. The lowest BCUT2D eigenvalue weighted by molar-refractivity contribution is 0.0827. The molecule has 1 saturated heterocycles. The summed E-state index contributed by atoms with van der Waals surface area (Å²) in [7, 11) is 5.20. The van der Waals surface area contributed by atoms with Crippen LogP contribution in [0.2, 0.25) is 0 Å². The number of nitrogens with one attached hydrogen (secondary N) is 2. The molecule has 224 valence electrons. The zero-order valence-corrected chi connectivity index (χ0v) is 24.5. The topological polar surface area (TPSA) is 118 Å². The van der Waals surface area contributed by atoms with E-state index in [0.717, 1.165) is 16.5 Å². The van der Waals surface area contributed by atoms with Gasteiger partial charge in [0.2, 0.25) is 0 Å². The molecular weight excluding hydrogens is 563 g/mol. The van der Waals surface area contributed by atoms with Crippen molar-refractivity contribution < 1.29 is 18.7 Å². The van der Waals surface area contributed by atoms with Gasteiger partial charge in [0.1, 0.15) is 11.6 Å². The molecule has 0 bridgehead atoms. The van der Waals surface area contributed by atoms with Crippen molar-refractivity contribution in [3.63, 3.8) is 0 Å². The van der Waals surface area contributed by atoms with E-state index >= 15 is 4.39 Å². The molecule has 0 aliphatic carbocycles. The van der Waals surface area contributed by atoms with Crippen LogP contribution >= 0.6 is 0 Å². The van der Waals surface area contributed by atoms with Crippen molar-refractivity contribution in [3.8, 4) is 22.5 Å². The van der Waals surface area contributed by atoms with E-state index < -0.39 is 11.8 Å². The summed E-state index contributed by atoms with van der Waals surface area (Å²) in [4.78, 5) is 37.9. The van der Waals surface area contributed by atoms with Gasteiger partial charge in [-0.05, 0) is 60.2 Å². The molecule has 0 spiro atoms. The van der Waals surface area contributed by atoms with Gasteiger partial charge >= 0.3 is 6.03 Å². The molecule has 5 aromatic rings. The van der Waals surface area contributed by atoms with Crippen molar-refractivity contribution in [2.45, 2.75) is 0 Å². The van der Waals surface area contributed by atoms with Crippen LogP contribution in [0.15, 0.2) is 73.1 Å². The number of ether oxygens (including phenoxy) is 1. The highest BCUT2D eigenvalue weighted by Gasteiger charge is 2.20. The zero-order chi connectivity index (χ0) is 30.8. The molecule has 3 aromatic carbocycles. The number of hydrogen-bond acceptors (Lipinski definition) is 7. The third-order valence-electron chi connectivity index (χ3n) is 7.29. The first kappa shape index (κ1) is 28.7. The number of aryl methyl sites for hydroxylation is 1. The highest BCUT2D eigenvalue weighted by Crippen LogP contribution is 2.32. The lowest BCUT2D eigenvalue weighted by Gasteiger charge is -2.29. The minimum absolute atomic E-state index is 0.141. The number of rotatable bonds is 6. The normalized spacial score (nSPS) is 13.1. The molecule has 1 fully saturated rings. The number of aromatic nitrogens is 4. The quantitative estimate of drug-likeness (QED) is 0.284. The molecule has 2 aromatic heterocycles. The Balaban J connectivity index is 1.26. The smallest absolute Gasteiger partial charge is 0.323 e. The monoisotopic (exact) mass is 594 g/mol. The number of anilines is 3. The van der Waals surface area contributed by atoms with Gasteiger partial charge in [-0.1, -0.05) is 6.07 Å². The van der Waals surface area contributed by atoms with Crippen molar-refractivity contribution in [2.75, 3.05) is 55.9 Å². The maximum absolute atomic E-state index is 15.6. The van der Waals surface area contributed by atoms with Crippen molar-refractivity contribution >= 4 is 40.0 Å². The third kappa shape index (κ3) is 6.06. The van der Waals surface area contributed by atoms with E-state index in [-0.39, 0.29) is 23.0 Å². The fraction of sp³-hybridized carbons (Fsp3) is 0.219. The van der Waals surface area contributed by atoms with Crippen LogP contribution in [0.3, 0.4) is 0 Å². The molecule has 6 rings (SSSR count). The van der Waals surface area contributed by atoms with E-state index in [4.69, 9.17) is 14.7 Å². The van der Waals surface area contributed by atoms with E-state index in [0.29, 0.717) is 48.9 Å². The van der Waals surface area contributed by atoms with Gasteiger partial charge < -0.3 is 25.2 Å². The number of urea groups is 1. The minimum atomic E-state index is -0.579. The Kier molecular flexibility index (Phi) is 7.90. The Bertz CT molecular complexity index is 1850. The summed E-state index contributed by atoms with van der Waals surface area (Å²) in [6, 6.07) is 16.3. The molecule has 0 unspecified atom stereocenters. The molecule has 11 nitrogen and oxygen atoms in total. The Morgan fingerprint density at radius 1 is 0.909 bits per heavy atom. The maximum Gasteiger partial charge on any atom is 0.323 e. The van der Waals surface area contributed by atoms with Gasteiger partial charge in [-0.2, -0.15) is 5.10 Å². The Labute approximate surface area is 253 Å². The van der Waals surface area contributed by atoms with Gasteiger partial charge in [0.15, 0.2) is 5.82 Å². The number of amides is 3. The third-order valence-corrected chi connectivity index (χ3v) is 7.29. The van der Waals surface area contributed by atoms with Gasteiger partial charge in [0.05, 0.1) is 30.5 Å². The number of nitrogens with zero attached hydrogens (tertiary/aromatic N) is 6. The van der Waals surface area contributed by atoms with Crippen LogP contribution in [-0.2, 0) is 11.8 Å². The molecular formula is C32H31FN8O3. The summed E-state index contributed by atoms with van der Waals surface area (Å²) in [5.74, 6) is 0.233. The number of carbonyl (C=O) groups is 2. The number of halogens is 1. The number of fused-ring (bicyclic) bond motifs is 1. The lowest BCUT2D eigenvalue weighted by Crippen LogP contribution is -2.37. The lowest BCUT2D eigenvalue weighted by atomic mass is 10.1. The van der Waals surface area contributed by atoms with Gasteiger partial charge in [-0.25, -0.2) is 19.2 Å².